The average molecular weight is 800 g/mol. The fraction of sp³-hybridized carbons (Fsp3) is 0.432. The van der Waals surface area contributed by atoms with Gasteiger partial charge in [-0.05, 0) is 113 Å². The molecule has 4 aliphatic rings. The fourth-order valence-corrected chi connectivity index (χ4v) is 10.8. The summed E-state index contributed by atoms with van der Waals surface area (Å²) in [5.74, 6) is 3.72. The van der Waals surface area contributed by atoms with Gasteiger partial charge >= 0.3 is 0 Å². The van der Waals surface area contributed by atoms with Crippen LogP contribution in [-0.4, -0.2) is 61.6 Å². The van der Waals surface area contributed by atoms with E-state index in [0.717, 1.165) is 81.0 Å². The zero-order chi connectivity index (χ0) is 39.3. The number of anilines is 1. The molecule has 57 heavy (non-hydrogen) atoms. The van der Waals surface area contributed by atoms with Gasteiger partial charge in [0.15, 0.2) is 5.82 Å². The van der Waals surface area contributed by atoms with E-state index >= 15 is 0 Å². The van der Waals surface area contributed by atoms with Crippen LogP contribution >= 0.6 is 22.9 Å². The molecule has 0 unspecified atom stereocenters. The van der Waals surface area contributed by atoms with E-state index in [-0.39, 0.29) is 18.1 Å². The number of benzene rings is 2. The number of nitrogens with zero attached hydrogens (tertiary/aromatic N) is 8. The predicted molar refractivity (Wildman–Crippen MR) is 222 cm³/mol. The first kappa shape index (κ1) is 37.5. The predicted octanol–water partition coefficient (Wildman–Crippen LogP) is 8.28. The number of hydrogen-bond acceptors (Lipinski definition) is 10. The molecular formula is C44H46ClN9O2S. The van der Waals surface area contributed by atoms with Crippen molar-refractivity contribution < 1.29 is 9.53 Å². The van der Waals surface area contributed by atoms with E-state index in [1.807, 2.05) is 6.92 Å². The van der Waals surface area contributed by atoms with E-state index in [9.17, 15) is 4.79 Å². The number of aryl methyl sites for hydroxylation is 2. The van der Waals surface area contributed by atoms with Crippen molar-refractivity contribution in [2.75, 3.05) is 18.0 Å². The monoisotopic (exact) mass is 799 g/mol. The van der Waals surface area contributed by atoms with Gasteiger partial charge in [-0.1, -0.05) is 35.9 Å². The molecule has 292 valence electrons. The summed E-state index contributed by atoms with van der Waals surface area (Å²) < 4.78 is 8.28. The van der Waals surface area contributed by atoms with Gasteiger partial charge < -0.3 is 15.0 Å². The Morgan fingerprint density at radius 1 is 1.02 bits per heavy atom. The number of fused-ring (bicyclic) bond motifs is 3. The van der Waals surface area contributed by atoms with Crippen molar-refractivity contribution >= 4 is 40.5 Å². The van der Waals surface area contributed by atoms with Crippen molar-refractivity contribution in [2.24, 2.45) is 16.3 Å². The van der Waals surface area contributed by atoms with Gasteiger partial charge in [-0.2, -0.15) is 5.26 Å². The topological polar surface area (TPSA) is 134 Å². The highest BCUT2D eigenvalue weighted by Gasteiger charge is 2.45. The minimum atomic E-state index is -0.140. The molecule has 0 bridgehead atoms. The lowest BCUT2D eigenvalue weighted by atomic mass is 9.56. The number of carbonyl (C=O) groups is 1. The molecule has 3 fully saturated rings. The van der Waals surface area contributed by atoms with E-state index in [1.54, 1.807) is 41.9 Å². The summed E-state index contributed by atoms with van der Waals surface area (Å²) in [6.45, 7) is 8.79. The molecule has 5 aromatic rings. The van der Waals surface area contributed by atoms with Gasteiger partial charge in [-0.3, -0.25) is 14.4 Å². The first-order valence-electron chi connectivity index (χ1n) is 20.0. The van der Waals surface area contributed by atoms with Crippen molar-refractivity contribution in [2.45, 2.75) is 97.2 Å². The third-order valence-electron chi connectivity index (χ3n) is 12.7. The molecule has 2 aliphatic carbocycles. The fourth-order valence-electron chi connectivity index (χ4n) is 9.36. The summed E-state index contributed by atoms with van der Waals surface area (Å²) in [4.78, 5) is 31.0. The minimum absolute atomic E-state index is 0.0468. The zero-order valence-corrected chi connectivity index (χ0v) is 34.2. The Kier molecular flexibility index (Phi) is 10.1. The third-order valence-corrected chi connectivity index (χ3v) is 14.2. The molecule has 3 aromatic heterocycles. The number of aliphatic imine (C=N–C) groups is 1. The quantitative estimate of drug-likeness (QED) is 0.166. The van der Waals surface area contributed by atoms with Crippen LogP contribution in [0.15, 0.2) is 59.9 Å². The molecule has 2 saturated carbocycles. The summed E-state index contributed by atoms with van der Waals surface area (Å²) in [7, 11) is 0. The number of piperidine rings is 1. The van der Waals surface area contributed by atoms with Crippen LogP contribution in [0.5, 0.6) is 5.75 Å². The Bertz CT molecular complexity index is 2370. The maximum atomic E-state index is 13.1. The SMILES string of the molecule is Cc1sc2c(c1C)C(c1ccc(CC3CC4(CCN(c5ncc(C(=O)NC6CCC(Oc7ccc(C#N)c(Cl)c7)CC6)cn5)CC4)C3)cc1)=NCc1nnc(C)n1-2. The molecule has 11 nitrogen and oxygen atoms in total. The van der Waals surface area contributed by atoms with Crippen molar-refractivity contribution in [3.63, 3.8) is 0 Å². The third kappa shape index (κ3) is 7.43. The van der Waals surface area contributed by atoms with Gasteiger partial charge in [0.05, 0.1) is 28.0 Å². The van der Waals surface area contributed by atoms with Crippen molar-refractivity contribution in [3.8, 4) is 16.8 Å². The van der Waals surface area contributed by atoms with Gasteiger partial charge in [-0.15, -0.1) is 21.5 Å². The second-order valence-corrected chi connectivity index (χ2v) is 18.0. The molecule has 9 rings (SSSR count). The van der Waals surface area contributed by atoms with Crippen LogP contribution < -0.4 is 15.0 Å². The van der Waals surface area contributed by atoms with Crippen molar-refractivity contribution in [3.05, 3.63) is 110 Å². The highest BCUT2D eigenvalue weighted by Crippen LogP contribution is 2.53. The maximum Gasteiger partial charge on any atom is 0.254 e. The molecule has 2 aliphatic heterocycles. The number of rotatable bonds is 8. The molecule has 1 saturated heterocycles. The van der Waals surface area contributed by atoms with Gasteiger partial charge in [0, 0.05) is 53.6 Å². The summed E-state index contributed by atoms with van der Waals surface area (Å²) in [6.07, 6.45) is 12.6. The number of aromatic nitrogens is 5. The zero-order valence-electron chi connectivity index (χ0n) is 32.6. The highest BCUT2D eigenvalue weighted by molar-refractivity contribution is 7.15. The lowest BCUT2D eigenvalue weighted by Crippen LogP contribution is -2.48. The number of hydrogen-bond donors (Lipinski definition) is 1. The van der Waals surface area contributed by atoms with Crippen LogP contribution in [-0.2, 0) is 13.0 Å². The molecule has 1 spiro atoms. The van der Waals surface area contributed by atoms with E-state index in [2.05, 4.69) is 79.1 Å². The second-order valence-electron chi connectivity index (χ2n) is 16.4. The molecule has 1 amide bonds. The maximum absolute atomic E-state index is 13.1. The van der Waals surface area contributed by atoms with Gasteiger partial charge in [0.2, 0.25) is 5.95 Å². The average Bonchev–Trinajstić information content (AvgIpc) is 3.66. The van der Waals surface area contributed by atoms with Crippen molar-refractivity contribution in [1.82, 2.24) is 30.0 Å². The molecule has 1 N–H and O–H groups in total. The van der Waals surface area contributed by atoms with Crippen molar-refractivity contribution in [1.29, 1.82) is 5.26 Å². The van der Waals surface area contributed by atoms with Gasteiger partial charge in [0.1, 0.15) is 29.2 Å². The van der Waals surface area contributed by atoms with E-state index in [0.29, 0.717) is 45.7 Å². The number of amides is 1. The van der Waals surface area contributed by atoms with E-state index < -0.39 is 0 Å². The largest absolute Gasteiger partial charge is 0.490 e. The number of thiophene rings is 1. The van der Waals surface area contributed by atoms with Gasteiger partial charge in [0.25, 0.3) is 5.91 Å². The van der Waals surface area contributed by atoms with Crippen LogP contribution in [0.4, 0.5) is 5.95 Å². The molecule has 2 aromatic carbocycles. The smallest absolute Gasteiger partial charge is 0.254 e. The standard InChI is InChI=1S/C44H46ClN9O2S/c1-26-27(2)57-42-39(26)40(47-25-38-52-51-28(3)54(38)42)31-6-4-29(5-7-31)18-30-20-44(21-30)14-16-53(17-15-44)43-48-23-33(24-49-43)41(55)50-34-9-12-35(13-10-34)56-36-11-8-32(22-46)37(45)19-36/h4-8,11,19,23-24,30,34-35H,9-10,12-18,20-21,25H2,1-3H3,(H,50,55). The van der Waals surface area contributed by atoms with Crippen LogP contribution in [0, 0.1) is 43.4 Å². The van der Waals surface area contributed by atoms with Crippen LogP contribution in [0.2, 0.25) is 5.02 Å². The first-order valence-corrected chi connectivity index (χ1v) is 21.2. The van der Waals surface area contributed by atoms with Gasteiger partial charge in [-0.25, -0.2) is 9.97 Å². The molecular weight excluding hydrogens is 754 g/mol. The first-order chi connectivity index (χ1) is 27.6. The number of carbonyl (C=O) groups excluding carboxylic acids is 1. The Balaban J connectivity index is 0.730. The summed E-state index contributed by atoms with van der Waals surface area (Å²) in [5.41, 5.74) is 7.41. The Labute approximate surface area is 342 Å². The highest BCUT2D eigenvalue weighted by atomic mass is 35.5. The minimum Gasteiger partial charge on any atom is -0.490 e. The molecule has 0 radical (unpaired) electrons. The molecule has 5 heterocycles. The lowest BCUT2D eigenvalue weighted by molar-refractivity contribution is 0.0280. The second kappa shape index (κ2) is 15.3. The van der Waals surface area contributed by atoms with Crippen LogP contribution in [0.3, 0.4) is 0 Å². The Morgan fingerprint density at radius 2 is 1.75 bits per heavy atom. The summed E-state index contributed by atoms with van der Waals surface area (Å²) in [5, 5.41) is 22.6. The van der Waals surface area contributed by atoms with E-state index in [4.69, 9.17) is 26.6 Å². The normalized spacial score (nSPS) is 20.1. The van der Waals surface area contributed by atoms with Crippen LogP contribution in [0.1, 0.15) is 106 Å². The summed E-state index contributed by atoms with van der Waals surface area (Å²) in [6, 6.07) is 16.4. The molecule has 0 atom stereocenters. The molecule has 13 heteroatoms. The van der Waals surface area contributed by atoms with Crippen LogP contribution in [0.25, 0.3) is 5.00 Å². The number of halogens is 1. The van der Waals surface area contributed by atoms with E-state index in [1.165, 1.54) is 39.4 Å². The number of ether oxygens (including phenoxy) is 1. The number of nitrogens with one attached hydrogen (secondary N) is 1. The Hall–Kier alpha value is -5.12. The lowest BCUT2D eigenvalue weighted by Gasteiger charge is -2.52. The Morgan fingerprint density at radius 3 is 2.46 bits per heavy atom. The summed E-state index contributed by atoms with van der Waals surface area (Å²) >= 11 is 7.96. The number of nitriles is 1.